The second-order valence-electron chi connectivity index (χ2n) is 6.63. The first-order valence-electron chi connectivity index (χ1n) is 8.55. The zero-order valence-electron chi connectivity index (χ0n) is 13.8. The van der Waals surface area contributed by atoms with Gasteiger partial charge in [0.25, 0.3) is 0 Å². The van der Waals surface area contributed by atoms with E-state index in [0.29, 0.717) is 17.6 Å². The van der Waals surface area contributed by atoms with Gasteiger partial charge in [0.1, 0.15) is 11.6 Å². The summed E-state index contributed by atoms with van der Waals surface area (Å²) in [6, 6.07) is 2.38. The molecular weight excluding hydrogens is 323 g/mol. The monoisotopic (exact) mass is 346 g/mol. The molecule has 0 unspecified atom stereocenters. The van der Waals surface area contributed by atoms with E-state index in [1.807, 2.05) is 0 Å². The maximum absolute atomic E-state index is 14.0. The zero-order chi connectivity index (χ0) is 17.7. The Morgan fingerprint density at radius 3 is 2.12 bits per heavy atom. The Hall–Kier alpha value is -1.39. The zero-order valence-corrected chi connectivity index (χ0v) is 13.8. The minimum absolute atomic E-state index is 0.0903. The first kappa shape index (κ1) is 18.9. The highest BCUT2D eigenvalue weighted by Gasteiger charge is 2.25. The minimum Gasteiger partial charge on any atom is -0.206 e. The van der Waals surface area contributed by atoms with Crippen LogP contribution in [0, 0.1) is 17.6 Å². The number of unbranched alkanes of at least 4 members (excludes halogenated alkanes) is 1. The van der Waals surface area contributed by atoms with E-state index >= 15 is 0 Å². The van der Waals surface area contributed by atoms with E-state index in [9.17, 15) is 22.0 Å². The average molecular weight is 346 g/mol. The molecule has 0 saturated heterocycles. The van der Waals surface area contributed by atoms with Gasteiger partial charge >= 0.3 is 6.18 Å². The average Bonchev–Trinajstić information content (AvgIpc) is 2.51. The maximum atomic E-state index is 14.0. The van der Waals surface area contributed by atoms with Crippen LogP contribution in [0.4, 0.5) is 22.0 Å². The van der Waals surface area contributed by atoms with Gasteiger partial charge in [-0.2, -0.15) is 13.2 Å². The SMILES string of the molecule is CCCCC1CCC(c2cc(F)c(/C=C/C(F)(F)F)c(F)c2)CC1. The highest BCUT2D eigenvalue weighted by molar-refractivity contribution is 5.52. The Balaban J connectivity index is 2.07. The van der Waals surface area contributed by atoms with Gasteiger partial charge in [-0.15, -0.1) is 0 Å². The molecule has 0 nitrogen and oxygen atoms in total. The van der Waals surface area contributed by atoms with Crippen LogP contribution in [0.1, 0.15) is 68.9 Å². The largest absolute Gasteiger partial charge is 0.409 e. The van der Waals surface area contributed by atoms with Crippen molar-refractivity contribution < 1.29 is 22.0 Å². The lowest BCUT2D eigenvalue weighted by Crippen LogP contribution is -2.14. The third-order valence-corrected chi connectivity index (χ3v) is 4.82. The fourth-order valence-corrected chi connectivity index (χ4v) is 3.45. The van der Waals surface area contributed by atoms with E-state index in [1.54, 1.807) is 0 Å². The van der Waals surface area contributed by atoms with Crippen molar-refractivity contribution in [3.63, 3.8) is 0 Å². The molecule has 0 bridgehead atoms. The highest BCUT2D eigenvalue weighted by atomic mass is 19.4. The molecule has 5 heteroatoms. The summed E-state index contributed by atoms with van der Waals surface area (Å²) in [5.74, 6) is -1.09. The number of allylic oxidation sites excluding steroid dienone is 1. The topological polar surface area (TPSA) is 0 Å². The lowest BCUT2D eigenvalue weighted by molar-refractivity contribution is -0.0790. The van der Waals surface area contributed by atoms with Gasteiger partial charge in [-0.05, 0) is 61.3 Å². The second-order valence-corrected chi connectivity index (χ2v) is 6.63. The van der Waals surface area contributed by atoms with Gasteiger partial charge in [0.2, 0.25) is 0 Å². The van der Waals surface area contributed by atoms with Gasteiger partial charge in [-0.1, -0.05) is 26.2 Å². The summed E-state index contributed by atoms with van der Waals surface area (Å²) < 4.78 is 64.6. The summed E-state index contributed by atoms with van der Waals surface area (Å²) in [7, 11) is 0. The lowest BCUT2D eigenvalue weighted by atomic mass is 9.77. The number of halogens is 5. The van der Waals surface area contributed by atoms with Crippen molar-refractivity contribution in [3.8, 4) is 0 Å². The van der Waals surface area contributed by atoms with E-state index < -0.39 is 23.4 Å². The molecule has 0 N–H and O–H groups in total. The third kappa shape index (κ3) is 5.32. The molecule has 1 aromatic carbocycles. The Bertz CT molecular complexity index is 543. The molecule has 0 atom stereocenters. The molecule has 1 fully saturated rings. The fourth-order valence-electron chi connectivity index (χ4n) is 3.45. The van der Waals surface area contributed by atoms with Crippen molar-refractivity contribution in [2.45, 2.75) is 64.0 Å². The van der Waals surface area contributed by atoms with Crippen molar-refractivity contribution in [2.75, 3.05) is 0 Å². The molecule has 1 saturated carbocycles. The van der Waals surface area contributed by atoms with Crippen LogP contribution in [0.15, 0.2) is 18.2 Å². The van der Waals surface area contributed by atoms with Gasteiger partial charge in [-0.3, -0.25) is 0 Å². The van der Waals surface area contributed by atoms with Gasteiger partial charge in [0.15, 0.2) is 0 Å². The molecule has 1 aliphatic carbocycles. The molecule has 0 radical (unpaired) electrons. The fraction of sp³-hybridized carbons (Fsp3) is 0.579. The number of hydrogen-bond donors (Lipinski definition) is 0. The highest BCUT2D eigenvalue weighted by Crippen LogP contribution is 2.38. The number of alkyl halides is 3. The summed E-state index contributed by atoms with van der Waals surface area (Å²) in [5.41, 5.74) is -0.0733. The first-order valence-corrected chi connectivity index (χ1v) is 8.55. The number of hydrogen-bond acceptors (Lipinski definition) is 0. The van der Waals surface area contributed by atoms with E-state index in [0.717, 1.165) is 25.7 Å². The van der Waals surface area contributed by atoms with Gasteiger partial charge in [0, 0.05) is 11.6 Å². The quantitative estimate of drug-likeness (QED) is 0.503. The summed E-state index contributed by atoms with van der Waals surface area (Å²) in [6.07, 6.45) is 3.15. The molecule has 1 aromatic rings. The van der Waals surface area contributed by atoms with Gasteiger partial charge < -0.3 is 0 Å². The molecule has 134 valence electrons. The van der Waals surface area contributed by atoms with Crippen molar-refractivity contribution in [1.29, 1.82) is 0 Å². The third-order valence-electron chi connectivity index (χ3n) is 4.82. The second kappa shape index (κ2) is 8.13. The summed E-state index contributed by atoms with van der Waals surface area (Å²) >= 11 is 0. The van der Waals surface area contributed by atoms with Crippen LogP contribution in [0.2, 0.25) is 0 Å². The van der Waals surface area contributed by atoms with Crippen molar-refractivity contribution >= 4 is 6.08 Å². The van der Waals surface area contributed by atoms with Gasteiger partial charge in [0.05, 0.1) is 0 Å². The molecule has 0 amide bonds. The normalized spacial score (nSPS) is 22.2. The summed E-state index contributed by atoms with van der Waals surface area (Å²) in [6.45, 7) is 2.16. The van der Waals surface area contributed by atoms with Crippen LogP contribution in [-0.2, 0) is 0 Å². The smallest absolute Gasteiger partial charge is 0.206 e. The molecule has 0 heterocycles. The lowest BCUT2D eigenvalue weighted by Gasteiger charge is -2.29. The van der Waals surface area contributed by atoms with Gasteiger partial charge in [-0.25, -0.2) is 8.78 Å². The van der Waals surface area contributed by atoms with Crippen LogP contribution in [0.3, 0.4) is 0 Å². The van der Waals surface area contributed by atoms with Crippen LogP contribution in [0.5, 0.6) is 0 Å². The summed E-state index contributed by atoms with van der Waals surface area (Å²) in [5, 5.41) is 0. The van der Waals surface area contributed by atoms with E-state index in [4.69, 9.17) is 0 Å². The van der Waals surface area contributed by atoms with Crippen molar-refractivity contribution in [2.24, 2.45) is 5.92 Å². The van der Waals surface area contributed by atoms with Crippen molar-refractivity contribution in [3.05, 3.63) is 41.0 Å². The van der Waals surface area contributed by atoms with E-state index in [1.165, 1.54) is 31.4 Å². The number of rotatable bonds is 5. The standard InChI is InChI=1S/C19H23F5/c1-2-3-4-13-5-7-14(8-6-13)15-11-17(20)16(18(21)12-15)9-10-19(22,23)24/h9-14H,2-8H2,1H3/b10-9+. The maximum Gasteiger partial charge on any atom is 0.409 e. The summed E-state index contributed by atoms with van der Waals surface area (Å²) in [4.78, 5) is 0. The molecule has 0 spiro atoms. The van der Waals surface area contributed by atoms with E-state index in [2.05, 4.69) is 6.92 Å². The van der Waals surface area contributed by atoms with Crippen LogP contribution >= 0.6 is 0 Å². The van der Waals surface area contributed by atoms with Crippen LogP contribution in [-0.4, -0.2) is 6.18 Å². The first-order chi connectivity index (χ1) is 11.3. The van der Waals surface area contributed by atoms with Crippen molar-refractivity contribution in [1.82, 2.24) is 0 Å². The van der Waals surface area contributed by atoms with Crippen LogP contribution in [0.25, 0.3) is 6.08 Å². The molecule has 24 heavy (non-hydrogen) atoms. The molecular formula is C19H23F5. The predicted octanol–water partition coefficient (Wildman–Crippen LogP) is 7.00. The Morgan fingerprint density at radius 2 is 1.62 bits per heavy atom. The number of benzene rings is 1. The molecule has 2 rings (SSSR count). The molecule has 0 aliphatic heterocycles. The molecule has 1 aliphatic rings. The Labute approximate surface area is 139 Å². The van der Waals surface area contributed by atoms with Crippen LogP contribution < -0.4 is 0 Å². The Kier molecular flexibility index (Phi) is 6.41. The minimum atomic E-state index is -4.59. The predicted molar refractivity (Wildman–Crippen MR) is 85.7 cm³/mol. The Morgan fingerprint density at radius 1 is 1.04 bits per heavy atom. The molecule has 0 aromatic heterocycles. The van der Waals surface area contributed by atoms with E-state index in [-0.39, 0.29) is 12.0 Å².